The summed E-state index contributed by atoms with van der Waals surface area (Å²) in [5.74, 6) is -0.172. The van der Waals surface area contributed by atoms with E-state index in [0.717, 1.165) is 21.2 Å². The van der Waals surface area contributed by atoms with Crippen LogP contribution in [0.25, 0.3) is 0 Å². The molecule has 0 heterocycles. The first kappa shape index (κ1) is 15.7. The Kier molecular flexibility index (Phi) is 5.15. The molecule has 0 aliphatic heterocycles. The molecule has 0 fully saturated rings. The molecule has 0 bridgehead atoms. The monoisotopic (exact) mass is 346 g/mol. The van der Waals surface area contributed by atoms with Crippen LogP contribution in [-0.4, -0.2) is 5.91 Å². The number of nitrogens with one attached hydrogen (secondary N) is 1. The van der Waals surface area contributed by atoms with Gasteiger partial charge in [0.15, 0.2) is 0 Å². The van der Waals surface area contributed by atoms with Crippen LogP contribution in [0.15, 0.2) is 53.0 Å². The number of halogens is 1. The minimum atomic E-state index is -0.650. The van der Waals surface area contributed by atoms with E-state index >= 15 is 0 Å². The number of carbonyl (C=O) groups excluding carboxylic acids is 1. The molecule has 0 saturated carbocycles. The topological polar surface area (TPSA) is 55.1 Å². The highest BCUT2D eigenvalue weighted by atomic mass is 79.9. The lowest BCUT2D eigenvalue weighted by Gasteiger charge is -2.18. The number of amides is 1. The maximum Gasteiger partial charge on any atom is 0.241 e. The molecule has 0 radical (unpaired) electrons. The van der Waals surface area contributed by atoms with Crippen molar-refractivity contribution < 1.29 is 4.79 Å². The lowest BCUT2D eigenvalue weighted by Crippen LogP contribution is -2.35. The zero-order valence-electron chi connectivity index (χ0n) is 12.1. The first-order valence-electron chi connectivity index (χ1n) is 6.85. The van der Waals surface area contributed by atoms with Gasteiger partial charge in [-0.3, -0.25) is 4.79 Å². The van der Waals surface area contributed by atoms with Crippen LogP contribution in [0.5, 0.6) is 0 Å². The Bertz CT molecular complexity index is 608. The highest BCUT2D eigenvalue weighted by Gasteiger charge is 2.18. The van der Waals surface area contributed by atoms with Gasteiger partial charge in [-0.2, -0.15) is 0 Å². The van der Waals surface area contributed by atoms with Gasteiger partial charge in [-0.1, -0.05) is 57.9 Å². The smallest absolute Gasteiger partial charge is 0.241 e. The van der Waals surface area contributed by atoms with Gasteiger partial charge in [0.25, 0.3) is 0 Å². The molecule has 1 amide bonds. The largest absolute Gasteiger partial charge is 0.348 e. The summed E-state index contributed by atoms with van der Waals surface area (Å²) in [4.78, 5) is 12.2. The standard InChI is InChI=1S/C17H19BrN2O/c1-11-3-5-14(6-4-11)16(19)17(21)20-12(2)13-7-9-15(18)10-8-13/h3-10,12,16H,19H2,1-2H3,(H,20,21). The molecule has 0 aliphatic rings. The van der Waals surface area contributed by atoms with E-state index in [1.54, 1.807) is 0 Å². The Labute approximate surface area is 133 Å². The van der Waals surface area contributed by atoms with Crippen molar-refractivity contribution in [3.63, 3.8) is 0 Å². The predicted molar refractivity (Wildman–Crippen MR) is 88.8 cm³/mol. The molecule has 2 unspecified atom stereocenters. The number of hydrogen-bond acceptors (Lipinski definition) is 2. The Morgan fingerprint density at radius 3 is 2.14 bits per heavy atom. The van der Waals surface area contributed by atoms with Crippen LogP contribution in [0, 0.1) is 6.92 Å². The first-order valence-corrected chi connectivity index (χ1v) is 7.64. The summed E-state index contributed by atoms with van der Waals surface area (Å²) >= 11 is 3.40. The quantitative estimate of drug-likeness (QED) is 0.887. The van der Waals surface area contributed by atoms with E-state index in [2.05, 4.69) is 21.2 Å². The summed E-state index contributed by atoms with van der Waals surface area (Å²) in [7, 11) is 0. The number of rotatable bonds is 4. The molecule has 0 aliphatic carbocycles. The van der Waals surface area contributed by atoms with Crippen LogP contribution in [0.2, 0.25) is 0 Å². The van der Waals surface area contributed by atoms with Crippen LogP contribution in [0.3, 0.4) is 0 Å². The van der Waals surface area contributed by atoms with E-state index in [1.807, 2.05) is 62.4 Å². The van der Waals surface area contributed by atoms with Crippen LogP contribution in [0.4, 0.5) is 0 Å². The zero-order valence-corrected chi connectivity index (χ0v) is 13.7. The van der Waals surface area contributed by atoms with E-state index in [-0.39, 0.29) is 11.9 Å². The second kappa shape index (κ2) is 6.87. The number of hydrogen-bond donors (Lipinski definition) is 2. The SMILES string of the molecule is Cc1ccc(C(N)C(=O)NC(C)c2ccc(Br)cc2)cc1. The molecule has 4 heteroatoms. The van der Waals surface area contributed by atoms with Gasteiger partial charge in [-0.25, -0.2) is 0 Å². The second-order valence-corrected chi connectivity index (χ2v) is 6.09. The molecule has 0 spiro atoms. The van der Waals surface area contributed by atoms with Crippen LogP contribution in [-0.2, 0) is 4.79 Å². The Hall–Kier alpha value is -1.65. The van der Waals surface area contributed by atoms with Gasteiger partial charge in [0.2, 0.25) is 5.91 Å². The number of aryl methyl sites for hydroxylation is 1. The summed E-state index contributed by atoms with van der Waals surface area (Å²) in [6, 6.07) is 14.8. The maximum atomic E-state index is 12.2. The minimum absolute atomic E-state index is 0.0814. The Balaban J connectivity index is 2.03. The molecular formula is C17H19BrN2O. The zero-order chi connectivity index (χ0) is 15.4. The minimum Gasteiger partial charge on any atom is -0.348 e. The fourth-order valence-electron chi connectivity index (χ4n) is 2.06. The van der Waals surface area contributed by atoms with E-state index in [9.17, 15) is 4.79 Å². The van der Waals surface area contributed by atoms with E-state index in [0.29, 0.717) is 0 Å². The molecule has 2 aromatic carbocycles. The van der Waals surface area contributed by atoms with Crippen molar-refractivity contribution in [3.8, 4) is 0 Å². The average molecular weight is 347 g/mol. The third-order valence-corrected chi connectivity index (χ3v) is 3.98. The van der Waals surface area contributed by atoms with Crippen molar-refractivity contribution in [1.82, 2.24) is 5.32 Å². The highest BCUT2D eigenvalue weighted by Crippen LogP contribution is 2.18. The van der Waals surface area contributed by atoms with Crippen molar-refractivity contribution in [1.29, 1.82) is 0 Å². The lowest BCUT2D eigenvalue weighted by molar-refractivity contribution is -0.123. The molecule has 0 aromatic heterocycles. The number of benzene rings is 2. The molecule has 110 valence electrons. The van der Waals surface area contributed by atoms with Gasteiger partial charge in [0, 0.05) is 4.47 Å². The van der Waals surface area contributed by atoms with Crippen LogP contribution in [0.1, 0.15) is 35.7 Å². The molecule has 2 atom stereocenters. The molecule has 2 rings (SSSR count). The molecule has 0 saturated heterocycles. The van der Waals surface area contributed by atoms with Crippen molar-refractivity contribution >= 4 is 21.8 Å². The van der Waals surface area contributed by atoms with E-state index in [4.69, 9.17) is 5.73 Å². The first-order chi connectivity index (χ1) is 9.97. The molecule has 2 aromatic rings. The average Bonchev–Trinajstić information content (AvgIpc) is 2.47. The summed E-state index contributed by atoms with van der Waals surface area (Å²) in [5.41, 5.74) is 9.03. The number of carbonyl (C=O) groups is 1. The molecule has 21 heavy (non-hydrogen) atoms. The second-order valence-electron chi connectivity index (χ2n) is 5.17. The van der Waals surface area contributed by atoms with Crippen molar-refractivity contribution in [2.45, 2.75) is 25.9 Å². The van der Waals surface area contributed by atoms with Gasteiger partial charge in [-0.05, 0) is 37.1 Å². The van der Waals surface area contributed by atoms with Crippen molar-refractivity contribution in [2.24, 2.45) is 5.73 Å². The summed E-state index contributed by atoms with van der Waals surface area (Å²) in [5, 5.41) is 2.95. The third-order valence-electron chi connectivity index (χ3n) is 3.45. The summed E-state index contributed by atoms with van der Waals surface area (Å²) in [6.07, 6.45) is 0. The third kappa shape index (κ3) is 4.16. The Morgan fingerprint density at radius 2 is 1.57 bits per heavy atom. The normalized spacial score (nSPS) is 13.5. The van der Waals surface area contributed by atoms with Gasteiger partial charge in [-0.15, -0.1) is 0 Å². The van der Waals surface area contributed by atoms with Gasteiger partial charge in [0.1, 0.15) is 6.04 Å². The predicted octanol–water partition coefficient (Wildman–Crippen LogP) is 3.63. The van der Waals surface area contributed by atoms with Gasteiger partial charge >= 0.3 is 0 Å². The molecule has 3 nitrogen and oxygen atoms in total. The maximum absolute atomic E-state index is 12.2. The highest BCUT2D eigenvalue weighted by molar-refractivity contribution is 9.10. The fraction of sp³-hybridized carbons (Fsp3) is 0.235. The molecular weight excluding hydrogens is 328 g/mol. The van der Waals surface area contributed by atoms with Crippen molar-refractivity contribution in [3.05, 3.63) is 69.7 Å². The van der Waals surface area contributed by atoms with Crippen LogP contribution < -0.4 is 11.1 Å². The molecule has 3 N–H and O–H groups in total. The van der Waals surface area contributed by atoms with Gasteiger partial charge < -0.3 is 11.1 Å². The fourth-order valence-corrected chi connectivity index (χ4v) is 2.33. The van der Waals surface area contributed by atoms with Crippen molar-refractivity contribution in [2.75, 3.05) is 0 Å². The summed E-state index contributed by atoms with van der Waals surface area (Å²) < 4.78 is 1.01. The summed E-state index contributed by atoms with van der Waals surface area (Å²) in [6.45, 7) is 3.95. The van der Waals surface area contributed by atoms with E-state index in [1.165, 1.54) is 0 Å². The Morgan fingerprint density at radius 1 is 1.05 bits per heavy atom. The van der Waals surface area contributed by atoms with Crippen LogP contribution >= 0.6 is 15.9 Å². The number of nitrogens with two attached hydrogens (primary N) is 1. The lowest BCUT2D eigenvalue weighted by atomic mass is 10.0. The van der Waals surface area contributed by atoms with E-state index < -0.39 is 6.04 Å². The van der Waals surface area contributed by atoms with Gasteiger partial charge in [0.05, 0.1) is 6.04 Å².